The maximum absolute atomic E-state index is 12.7. The second-order valence-electron chi connectivity index (χ2n) is 7.06. The molecule has 3 heterocycles. The molecule has 0 saturated heterocycles. The quantitative estimate of drug-likeness (QED) is 0.575. The average Bonchev–Trinajstić information content (AvgIpc) is 3.04. The number of nitrogens with one attached hydrogen (secondary N) is 1. The first-order valence-corrected chi connectivity index (χ1v) is 9.27. The Bertz CT molecular complexity index is 1160. The van der Waals surface area contributed by atoms with Gasteiger partial charge >= 0.3 is 0 Å². The minimum absolute atomic E-state index is 0.0959. The van der Waals surface area contributed by atoms with Gasteiger partial charge in [-0.2, -0.15) is 0 Å². The van der Waals surface area contributed by atoms with Crippen LogP contribution in [0.4, 0.5) is 5.69 Å². The summed E-state index contributed by atoms with van der Waals surface area (Å²) >= 11 is 0. The molecule has 4 aromatic rings. The van der Waals surface area contributed by atoms with Crippen LogP contribution in [0.2, 0.25) is 0 Å². The van der Waals surface area contributed by atoms with Crippen LogP contribution >= 0.6 is 0 Å². The molecule has 0 saturated carbocycles. The Morgan fingerprint density at radius 2 is 1.89 bits per heavy atom. The third-order valence-corrected chi connectivity index (χ3v) is 5.00. The Morgan fingerprint density at radius 1 is 1.04 bits per heavy atom. The van der Waals surface area contributed by atoms with Crippen molar-refractivity contribution in [1.29, 1.82) is 0 Å². The summed E-state index contributed by atoms with van der Waals surface area (Å²) in [5.41, 5.74) is 7.82. The van der Waals surface area contributed by atoms with E-state index in [4.69, 9.17) is 4.98 Å². The molecule has 0 aliphatic carbocycles. The lowest BCUT2D eigenvalue weighted by molar-refractivity contribution is -0.115. The molecular weight excluding hydrogens is 348 g/mol. The molecule has 0 bridgehead atoms. The Morgan fingerprint density at radius 3 is 2.64 bits per heavy atom. The van der Waals surface area contributed by atoms with Crippen LogP contribution in [0.25, 0.3) is 16.9 Å². The summed E-state index contributed by atoms with van der Waals surface area (Å²) in [5, 5.41) is 2.92. The van der Waals surface area contributed by atoms with Gasteiger partial charge in [-0.05, 0) is 61.7 Å². The van der Waals surface area contributed by atoms with Crippen molar-refractivity contribution in [2.24, 2.45) is 0 Å². The van der Waals surface area contributed by atoms with E-state index in [1.54, 1.807) is 18.5 Å². The number of nitrogens with zero attached hydrogens (tertiary/aromatic N) is 3. The zero-order chi connectivity index (χ0) is 19.7. The number of aryl methyl sites for hydroxylation is 3. The third kappa shape index (κ3) is 3.39. The Balaban J connectivity index is 1.78. The zero-order valence-electron chi connectivity index (χ0n) is 16.2. The molecule has 0 unspecified atom stereocenters. The first-order chi connectivity index (χ1) is 13.5. The summed E-state index contributed by atoms with van der Waals surface area (Å²) in [6.07, 6.45) is 5.51. The molecule has 3 aromatic heterocycles. The van der Waals surface area contributed by atoms with Crippen molar-refractivity contribution < 1.29 is 4.79 Å². The monoisotopic (exact) mass is 370 g/mol. The van der Waals surface area contributed by atoms with Gasteiger partial charge in [-0.1, -0.05) is 18.2 Å². The molecule has 0 atom stereocenters. The van der Waals surface area contributed by atoms with Gasteiger partial charge in [0.15, 0.2) is 0 Å². The van der Waals surface area contributed by atoms with Crippen molar-refractivity contribution in [2.75, 3.05) is 5.32 Å². The van der Waals surface area contributed by atoms with E-state index >= 15 is 0 Å². The minimum atomic E-state index is -0.0959. The topological polar surface area (TPSA) is 59.3 Å². The van der Waals surface area contributed by atoms with Crippen molar-refractivity contribution in [3.05, 3.63) is 83.4 Å². The van der Waals surface area contributed by atoms with Gasteiger partial charge in [0.2, 0.25) is 5.91 Å². The summed E-state index contributed by atoms with van der Waals surface area (Å²) in [6, 6.07) is 13.9. The van der Waals surface area contributed by atoms with Crippen LogP contribution in [0, 0.1) is 20.8 Å². The number of anilines is 1. The maximum Gasteiger partial charge on any atom is 0.230 e. The van der Waals surface area contributed by atoms with Gasteiger partial charge in [0.05, 0.1) is 29.7 Å². The molecule has 0 aliphatic heterocycles. The lowest BCUT2D eigenvalue weighted by atomic mass is 10.0. The highest BCUT2D eigenvalue weighted by molar-refractivity contribution is 5.93. The SMILES string of the molecule is Cc1ccc(-c2nc3c(C)cccn3c2CC(=O)Nc2cccnc2)cc1C. The number of carbonyl (C=O) groups excluding carboxylic acids is 1. The normalized spacial score (nSPS) is 11.0. The van der Waals surface area contributed by atoms with Crippen LogP contribution in [0.15, 0.2) is 61.1 Å². The highest BCUT2D eigenvalue weighted by atomic mass is 16.1. The molecule has 0 aliphatic rings. The van der Waals surface area contributed by atoms with Crippen LogP contribution in [-0.4, -0.2) is 20.3 Å². The summed E-state index contributed by atoms with van der Waals surface area (Å²) in [4.78, 5) is 21.7. The van der Waals surface area contributed by atoms with E-state index in [2.05, 4.69) is 42.3 Å². The average molecular weight is 370 g/mol. The van der Waals surface area contributed by atoms with Crippen LogP contribution in [0.5, 0.6) is 0 Å². The van der Waals surface area contributed by atoms with Crippen molar-refractivity contribution in [2.45, 2.75) is 27.2 Å². The Hall–Kier alpha value is -3.47. The Labute approximate surface area is 164 Å². The number of rotatable bonds is 4. The second-order valence-corrected chi connectivity index (χ2v) is 7.06. The van der Waals surface area contributed by atoms with E-state index in [0.29, 0.717) is 5.69 Å². The number of hydrogen-bond donors (Lipinski definition) is 1. The molecule has 1 amide bonds. The van der Waals surface area contributed by atoms with E-state index in [1.807, 2.05) is 35.7 Å². The minimum Gasteiger partial charge on any atom is -0.324 e. The van der Waals surface area contributed by atoms with E-state index < -0.39 is 0 Å². The van der Waals surface area contributed by atoms with Gasteiger partial charge in [0, 0.05) is 18.0 Å². The van der Waals surface area contributed by atoms with Gasteiger partial charge in [-0.25, -0.2) is 4.98 Å². The van der Waals surface area contributed by atoms with E-state index in [0.717, 1.165) is 28.2 Å². The van der Waals surface area contributed by atoms with Crippen molar-refractivity contribution >= 4 is 17.2 Å². The molecule has 1 aromatic carbocycles. The molecule has 0 fully saturated rings. The summed E-state index contributed by atoms with van der Waals surface area (Å²) in [5.74, 6) is -0.0959. The fraction of sp³-hybridized carbons (Fsp3) is 0.174. The van der Waals surface area contributed by atoms with Crippen molar-refractivity contribution in [3.8, 4) is 11.3 Å². The number of carbonyl (C=O) groups is 1. The van der Waals surface area contributed by atoms with Crippen LogP contribution in [0.3, 0.4) is 0 Å². The van der Waals surface area contributed by atoms with Gasteiger partial charge in [0.25, 0.3) is 0 Å². The molecule has 28 heavy (non-hydrogen) atoms. The van der Waals surface area contributed by atoms with E-state index in [-0.39, 0.29) is 12.3 Å². The molecule has 4 rings (SSSR count). The first kappa shape index (κ1) is 17.9. The number of imidazole rings is 1. The summed E-state index contributed by atoms with van der Waals surface area (Å²) in [6.45, 7) is 6.22. The third-order valence-electron chi connectivity index (χ3n) is 5.00. The lowest BCUT2D eigenvalue weighted by Crippen LogP contribution is -2.16. The van der Waals surface area contributed by atoms with Crippen molar-refractivity contribution in [3.63, 3.8) is 0 Å². The molecule has 0 spiro atoms. The molecule has 1 N–H and O–H groups in total. The molecule has 0 radical (unpaired) electrons. The summed E-state index contributed by atoms with van der Waals surface area (Å²) in [7, 11) is 0. The number of amides is 1. The lowest BCUT2D eigenvalue weighted by Gasteiger charge is -2.08. The number of aromatic nitrogens is 3. The summed E-state index contributed by atoms with van der Waals surface area (Å²) < 4.78 is 2.02. The van der Waals surface area contributed by atoms with E-state index in [1.165, 1.54) is 11.1 Å². The molecule has 140 valence electrons. The second kappa shape index (κ2) is 7.27. The van der Waals surface area contributed by atoms with E-state index in [9.17, 15) is 4.79 Å². The highest BCUT2D eigenvalue weighted by Crippen LogP contribution is 2.28. The number of pyridine rings is 2. The number of benzene rings is 1. The Kier molecular flexibility index (Phi) is 4.65. The molecule has 5 heteroatoms. The largest absolute Gasteiger partial charge is 0.324 e. The maximum atomic E-state index is 12.7. The van der Waals surface area contributed by atoms with Crippen LogP contribution in [0.1, 0.15) is 22.4 Å². The van der Waals surface area contributed by atoms with Gasteiger partial charge in [-0.3, -0.25) is 9.78 Å². The zero-order valence-corrected chi connectivity index (χ0v) is 16.2. The first-order valence-electron chi connectivity index (χ1n) is 9.27. The standard InChI is InChI=1S/C23H22N4O/c1-15-8-9-18(12-17(15)3)22-20(27-11-5-6-16(2)23(27)26-22)13-21(28)25-19-7-4-10-24-14-19/h4-12,14H,13H2,1-3H3,(H,25,28). The van der Waals surface area contributed by atoms with Gasteiger partial charge < -0.3 is 9.72 Å². The van der Waals surface area contributed by atoms with Crippen molar-refractivity contribution in [1.82, 2.24) is 14.4 Å². The van der Waals surface area contributed by atoms with Crippen LogP contribution in [-0.2, 0) is 11.2 Å². The van der Waals surface area contributed by atoms with Gasteiger partial charge in [-0.15, -0.1) is 0 Å². The fourth-order valence-corrected chi connectivity index (χ4v) is 3.34. The molecule has 5 nitrogen and oxygen atoms in total. The fourth-order valence-electron chi connectivity index (χ4n) is 3.34. The van der Waals surface area contributed by atoms with Crippen LogP contribution < -0.4 is 5.32 Å². The number of hydrogen-bond acceptors (Lipinski definition) is 3. The highest BCUT2D eigenvalue weighted by Gasteiger charge is 2.18. The molecular formula is C23H22N4O. The predicted octanol–water partition coefficient (Wildman–Crippen LogP) is 4.50. The van der Waals surface area contributed by atoms with Gasteiger partial charge in [0.1, 0.15) is 5.65 Å². The predicted molar refractivity (Wildman–Crippen MR) is 111 cm³/mol. The number of fused-ring (bicyclic) bond motifs is 1. The smallest absolute Gasteiger partial charge is 0.230 e.